The van der Waals surface area contributed by atoms with Crippen molar-refractivity contribution in [3.63, 3.8) is 0 Å². The van der Waals surface area contributed by atoms with Gasteiger partial charge in [-0.05, 0) is 17.2 Å². The monoisotopic (exact) mass is 385 g/mol. The van der Waals surface area contributed by atoms with E-state index in [1.165, 1.54) is 0 Å². The number of para-hydroxylation sites is 1. The van der Waals surface area contributed by atoms with E-state index in [2.05, 4.69) is 24.3 Å². The second-order valence-corrected chi connectivity index (χ2v) is 7.72. The fourth-order valence-electron chi connectivity index (χ4n) is 4.78. The smallest absolute Gasteiger partial charge is 0.143 e. The molecule has 1 atom stereocenters. The molecule has 2 nitrogen and oxygen atoms in total. The van der Waals surface area contributed by atoms with Crippen molar-refractivity contribution in [3.05, 3.63) is 126 Å². The van der Waals surface area contributed by atoms with Crippen LogP contribution in [-0.4, -0.2) is 10.1 Å². The Kier molecular flexibility index (Phi) is 3.64. The summed E-state index contributed by atoms with van der Waals surface area (Å²) in [5.41, 5.74) is 6.22. The minimum Gasteiger partial charge on any atom is -0.376 e. The summed E-state index contributed by atoms with van der Waals surface area (Å²) in [6.07, 6.45) is 0. The van der Waals surface area contributed by atoms with Gasteiger partial charge in [-0.25, -0.2) is 4.98 Å². The molecule has 0 saturated heterocycles. The van der Waals surface area contributed by atoms with Crippen LogP contribution in [0.4, 0.5) is 0 Å². The minimum atomic E-state index is -1.27. The van der Waals surface area contributed by atoms with Gasteiger partial charge < -0.3 is 5.11 Å². The zero-order chi connectivity index (χ0) is 20.1. The first-order valence-corrected chi connectivity index (χ1v) is 10.1. The molecule has 4 aromatic carbocycles. The summed E-state index contributed by atoms with van der Waals surface area (Å²) in [7, 11) is 0. The summed E-state index contributed by atoms with van der Waals surface area (Å²) in [5, 5.41) is 13.5. The molecule has 1 aliphatic rings. The molecule has 0 aliphatic heterocycles. The summed E-state index contributed by atoms with van der Waals surface area (Å²) in [4.78, 5) is 5.04. The highest BCUT2D eigenvalue weighted by Crippen LogP contribution is 2.54. The molecule has 1 unspecified atom stereocenters. The van der Waals surface area contributed by atoms with E-state index >= 15 is 0 Å². The molecule has 5 aromatic rings. The van der Waals surface area contributed by atoms with Crippen molar-refractivity contribution < 1.29 is 5.11 Å². The van der Waals surface area contributed by atoms with Crippen molar-refractivity contribution in [2.24, 2.45) is 0 Å². The fraction of sp³-hybridized carbons (Fsp3) is 0.0357. The highest BCUT2D eigenvalue weighted by Gasteiger charge is 2.46. The summed E-state index contributed by atoms with van der Waals surface area (Å²) in [6, 6.07) is 36.5. The maximum Gasteiger partial charge on any atom is 0.143 e. The average molecular weight is 385 g/mol. The largest absolute Gasteiger partial charge is 0.376 e. The van der Waals surface area contributed by atoms with Crippen LogP contribution in [0.15, 0.2) is 109 Å². The molecule has 0 amide bonds. The highest BCUT2D eigenvalue weighted by molar-refractivity contribution is 6.02. The zero-order valence-corrected chi connectivity index (χ0v) is 16.3. The molecule has 1 N–H and O–H groups in total. The van der Waals surface area contributed by atoms with Crippen molar-refractivity contribution >= 4 is 10.9 Å². The Morgan fingerprint density at radius 2 is 1.27 bits per heavy atom. The average Bonchev–Trinajstić information content (AvgIpc) is 3.08. The van der Waals surface area contributed by atoms with Crippen LogP contribution in [0.3, 0.4) is 0 Å². The van der Waals surface area contributed by atoms with Gasteiger partial charge in [0.2, 0.25) is 0 Å². The highest BCUT2D eigenvalue weighted by atomic mass is 16.3. The number of nitrogens with zero attached hydrogens (tertiary/aromatic N) is 1. The Bertz CT molecular complexity index is 1390. The van der Waals surface area contributed by atoms with Crippen LogP contribution in [0.25, 0.3) is 33.3 Å². The number of fused-ring (bicyclic) bond motifs is 4. The van der Waals surface area contributed by atoms with Gasteiger partial charge in [-0.15, -0.1) is 0 Å². The van der Waals surface area contributed by atoms with Gasteiger partial charge in [-0.1, -0.05) is 103 Å². The maximum atomic E-state index is 12.4. The molecule has 0 saturated carbocycles. The van der Waals surface area contributed by atoms with E-state index < -0.39 is 5.60 Å². The van der Waals surface area contributed by atoms with E-state index in [4.69, 9.17) is 4.98 Å². The van der Waals surface area contributed by atoms with E-state index in [1.54, 1.807) is 0 Å². The van der Waals surface area contributed by atoms with Crippen molar-refractivity contribution in [2.45, 2.75) is 5.60 Å². The van der Waals surface area contributed by atoms with Gasteiger partial charge in [0.05, 0.1) is 11.2 Å². The Morgan fingerprint density at radius 3 is 2.07 bits per heavy atom. The fourth-order valence-corrected chi connectivity index (χ4v) is 4.78. The molecule has 0 bridgehead atoms. The minimum absolute atomic E-state index is 0.852. The van der Waals surface area contributed by atoms with Gasteiger partial charge in [0, 0.05) is 27.6 Å². The Labute approximate surface area is 175 Å². The molecule has 6 rings (SSSR count). The van der Waals surface area contributed by atoms with Crippen molar-refractivity contribution in [3.8, 4) is 22.4 Å². The van der Waals surface area contributed by atoms with Crippen LogP contribution in [0, 0.1) is 0 Å². The molecule has 0 spiro atoms. The predicted octanol–water partition coefficient (Wildman–Crippen LogP) is 6.17. The first-order valence-electron chi connectivity index (χ1n) is 10.1. The zero-order valence-electron chi connectivity index (χ0n) is 16.3. The Hall–Kier alpha value is -3.75. The van der Waals surface area contributed by atoms with E-state index in [0.717, 1.165) is 50.0 Å². The molecule has 1 heterocycles. The second kappa shape index (κ2) is 6.38. The lowest BCUT2D eigenvalue weighted by atomic mass is 9.80. The van der Waals surface area contributed by atoms with Gasteiger partial charge in [0.15, 0.2) is 0 Å². The summed E-state index contributed by atoms with van der Waals surface area (Å²) < 4.78 is 0. The van der Waals surface area contributed by atoms with Crippen LogP contribution in [0.5, 0.6) is 0 Å². The lowest BCUT2D eigenvalue weighted by Gasteiger charge is -2.29. The number of hydrogen-bond donors (Lipinski definition) is 1. The number of hydrogen-bond acceptors (Lipinski definition) is 2. The lowest BCUT2D eigenvalue weighted by Crippen LogP contribution is -2.27. The molecular formula is C28H19NO. The SMILES string of the molecule is OC1(c2ccccc2)c2ccccc2-c2nc3ccccc3c(-c3ccccc3)c21. The van der Waals surface area contributed by atoms with Gasteiger partial charge in [0.25, 0.3) is 0 Å². The van der Waals surface area contributed by atoms with Gasteiger partial charge in [0.1, 0.15) is 5.60 Å². The molecule has 1 aliphatic carbocycles. The molecule has 2 heteroatoms. The van der Waals surface area contributed by atoms with E-state index in [-0.39, 0.29) is 0 Å². The molecule has 30 heavy (non-hydrogen) atoms. The van der Waals surface area contributed by atoms with Gasteiger partial charge in [-0.2, -0.15) is 0 Å². The third-order valence-electron chi connectivity index (χ3n) is 6.08. The van der Waals surface area contributed by atoms with Crippen LogP contribution in [0.1, 0.15) is 16.7 Å². The maximum absolute atomic E-state index is 12.4. The van der Waals surface area contributed by atoms with Crippen LogP contribution >= 0.6 is 0 Å². The molecule has 142 valence electrons. The second-order valence-electron chi connectivity index (χ2n) is 7.72. The number of aliphatic hydroxyl groups is 1. The number of pyridine rings is 1. The topological polar surface area (TPSA) is 33.1 Å². The number of aromatic nitrogens is 1. The molecular weight excluding hydrogens is 366 g/mol. The Balaban J connectivity index is 1.84. The first kappa shape index (κ1) is 17.1. The van der Waals surface area contributed by atoms with Crippen molar-refractivity contribution in [2.75, 3.05) is 0 Å². The summed E-state index contributed by atoms with van der Waals surface area (Å²) >= 11 is 0. The molecule has 1 aromatic heterocycles. The number of rotatable bonds is 2. The van der Waals surface area contributed by atoms with Crippen LogP contribution in [-0.2, 0) is 5.60 Å². The van der Waals surface area contributed by atoms with Crippen molar-refractivity contribution in [1.82, 2.24) is 4.98 Å². The lowest BCUT2D eigenvalue weighted by molar-refractivity contribution is 0.131. The standard InChI is InChI=1S/C28H19NO/c30-28(20-13-5-2-6-14-20)23-17-9-7-15-21(23)27-26(28)25(19-11-3-1-4-12-19)22-16-8-10-18-24(22)29-27/h1-18,30H. The third-order valence-corrected chi connectivity index (χ3v) is 6.08. The van der Waals surface area contributed by atoms with E-state index in [1.807, 2.05) is 84.9 Å². The third kappa shape index (κ3) is 2.25. The van der Waals surface area contributed by atoms with Crippen molar-refractivity contribution in [1.29, 1.82) is 0 Å². The van der Waals surface area contributed by atoms with E-state index in [9.17, 15) is 5.11 Å². The number of benzene rings is 4. The first-order chi connectivity index (χ1) is 14.8. The molecule has 0 fully saturated rings. The summed E-state index contributed by atoms with van der Waals surface area (Å²) in [5.74, 6) is 0. The van der Waals surface area contributed by atoms with Gasteiger partial charge in [-0.3, -0.25) is 0 Å². The van der Waals surface area contributed by atoms with Gasteiger partial charge >= 0.3 is 0 Å². The Morgan fingerprint density at radius 1 is 0.633 bits per heavy atom. The normalized spacial score (nSPS) is 17.0. The predicted molar refractivity (Wildman–Crippen MR) is 121 cm³/mol. The van der Waals surface area contributed by atoms with Crippen LogP contribution in [0.2, 0.25) is 0 Å². The van der Waals surface area contributed by atoms with E-state index in [0.29, 0.717) is 0 Å². The summed E-state index contributed by atoms with van der Waals surface area (Å²) in [6.45, 7) is 0. The molecule has 0 radical (unpaired) electrons. The van der Waals surface area contributed by atoms with Crippen LogP contribution < -0.4 is 0 Å². The quantitative estimate of drug-likeness (QED) is 0.394.